The Morgan fingerprint density at radius 1 is 1.30 bits per heavy atom. The van der Waals surface area contributed by atoms with Gasteiger partial charge < -0.3 is 10.4 Å². The highest BCUT2D eigenvalue weighted by Gasteiger charge is 2.34. The first-order chi connectivity index (χ1) is 9.70. The Hall–Kier alpha value is -2.25. The summed E-state index contributed by atoms with van der Waals surface area (Å²) in [5, 5.41) is 16.4. The molecule has 106 valence electrons. The standard InChI is InChI=1S/C13H16N4O3/c18-7-6-14-11-10(12(19)17-13(20)16-11)15-8-9-4-2-1-3-5-9/h1-5,8,10-11,14,18H,6-7H2,(H2,16,17,19,20). The van der Waals surface area contributed by atoms with Crippen molar-refractivity contribution in [2.75, 3.05) is 13.2 Å². The van der Waals surface area contributed by atoms with Gasteiger partial charge in [-0.05, 0) is 5.56 Å². The SMILES string of the molecule is O=C1NC(=O)C(N=Cc2ccccc2)C(NCCO)N1. The molecular formula is C13H16N4O3. The van der Waals surface area contributed by atoms with Crippen LogP contribution in [-0.4, -0.2) is 48.6 Å². The minimum atomic E-state index is -0.778. The average Bonchev–Trinajstić information content (AvgIpc) is 2.45. The molecule has 1 heterocycles. The van der Waals surface area contributed by atoms with Crippen molar-refractivity contribution in [3.8, 4) is 0 Å². The van der Waals surface area contributed by atoms with E-state index in [1.165, 1.54) is 0 Å². The molecule has 1 aromatic carbocycles. The maximum Gasteiger partial charge on any atom is 0.322 e. The van der Waals surface area contributed by atoms with Crippen molar-refractivity contribution >= 4 is 18.2 Å². The molecule has 1 saturated heterocycles. The number of nitrogens with zero attached hydrogens (tertiary/aromatic N) is 1. The van der Waals surface area contributed by atoms with Crippen LogP contribution in [0.1, 0.15) is 5.56 Å². The van der Waals surface area contributed by atoms with E-state index in [4.69, 9.17) is 5.11 Å². The van der Waals surface area contributed by atoms with Crippen LogP contribution in [-0.2, 0) is 4.79 Å². The highest BCUT2D eigenvalue weighted by atomic mass is 16.3. The van der Waals surface area contributed by atoms with Gasteiger partial charge in [0.2, 0.25) is 0 Å². The van der Waals surface area contributed by atoms with Gasteiger partial charge in [-0.15, -0.1) is 0 Å². The zero-order chi connectivity index (χ0) is 14.4. The molecule has 7 heteroatoms. The fourth-order valence-corrected chi connectivity index (χ4v) is 1.84. The second-order valence-electron chi connectivity index (χ2n) is 4.25. The maximum absolute atomic E-state index is 11.8. The number of rotatable bonds is 5. The van der Waals surface area contributed by atoms with Crippen molar-refractivity contribution in [1.29, 1.82) is 0 Å². The molecule has 1 aromatic rings. The number of hydrogen-bond acceptors (Lipinski definition) is 5. The molecule has 0 bridgehead atoms. The number of imide groups is 1. The Bertz CT molecular complexity index is 504. The first-order valence-corrected chi connectivity index (χ1v) is 6.24. The Kier molecular flexibility index (Phi) is 4.80. The van der Waals surface area contributed by atoms with Gasteiger partial charge in [-0.1, -0.05) is 30.3 Å². The van der Waals surface area contributed by atoms with E-state index in [0.717, 1.165) is 5.56 Å². The van der Waals surface area contributed by atoms with E-state index >= 15 is 0 Å². The molecule has 3 amide bonds. The monoisotopic (exact) mass is 276 g/mol. The number of carbonyl (C=O) groups excluding carboxylic acids is 2. The van der Waals surface area contributed by atoms with Crippen LogP contribution in [0.3, 0.4) is 0 Å². The van der Waals surface area contributed by atoms with E-state index in [2.05, 4.69) is 20.9 Å². The van der Waals surface area contributed by atoms with Crippen LogP contribution in [0.15, 0.2) is 35.3 Å². The van der Waals surface area contributed by atoms with Crippen LogP contribution in [0.4, 0.5) is 4.79 Å². The van der Waals surface area contributed by atoms with Crippen molar-refractivity contribution in [2.24, 2.45) is 4.99 Å². The summed E-state index contributed by atoms with van der Waals surface area (Å²) >= 11 is 0. The fourth-order valence-electron chi connectivity index (χ4n) is 1.84. The van der Waals surface area contributed by atoms with Crippen LogP contribution in [0.5, 0.6) is 0 Å². The minimum absolute atomic E-state index is 0.0941. The molecule has 4 N–H and O–H groups in total. The summed E-state index contributed by atoms with van der Waals surface area (Å²) in [7, 11) is 0. The number of nitrogens with one attached hydrogen (secondary N) is 3. The molecular weight excluding hydrogens is 260 g/mol. The number of aliphatic hydroxyl groups is 1. The molecule has 20 heavy (non-hydrogen) atoms. The third-order valence-electron chi connectivity index (χ3n) is 2.77. The molecule has 2 unspecified atom stereocenters. The molecule has 0 spiro atoms. The first kappa shape index (κ1) is 14.2. The zero-order valence-electron chi connectivity index (χ0n) is 10.7. The van der Waals surface area contributed by atoms with Gasteiger partial charge in [0.05, 0.1) is 6.61 Å². The fraction of sp³-hybridized carbons (Fsp3) is 0.308. The molecule has 2 atom stereocenters. The number of aliphatic hydroxyl groups excluding tert-OH is 1. The second kappa shape index (κ2) is 6.78. The molecule has 1 aliphatic rings. The predicted molar refractivity (Wildman–Crippen MR) is 73.4 cm³/mol. The number of urea groups is 1. The van der Waals surface area contributed by atoms with Crippen LogP contribution < -0.4 is 16.0 Å². The quantitative estimate of drug-likeness (QED) is 0.530. The van der Waals surface area contributed by atoms with Crippen molar-refractivity contribution in [3.05, 3.63) is 35.9 Å². The number of benzene rings is 1. The van der Waals surface area contributed by atoms with E-state index in [1.54, 1.807) is 6.21 Å². The highest BCUT2D eigenvalue weighted by Crippen LogP contribution is 2.04. The topological polar surface area (TPSA) is 103 Å². The van der Waals surface area contributed by atoms with Gasteiger partial charge in [0.1, 0.15) is 6.17 Å². The summed E-state index contributed by atoms with van der Waals surface area (Å²) in [5.41, 5.74) is 0.859. The Labute approximate surface area is 116 Å². The molecule has 2 rings (SSSR count). The lowest BCUT2D eigenvalue weighted by atomic mass is 10.1. The van der Waals surface area contributed by atoms with E-state index in [1.807, 2.05) is 30.3 Å². The lowest BCUT2D eigenvalue weighted by molar-refractivity contribution is -0.122. The lowest BCUT2D eigenvalue weighted by Gasteiger charge is -2.29. The van der Waals surface area contributed by atoms with Gasteiger partial charge in [-0.3, -0.25) is 20.4 Å². The summed E-state index contributed by atoms with van der Waals surface area (Å²) < 4.78 is 0. The van der Waals surface area contributed by atoms with Gasteiger partial charge in [-0.25, -0.2) is 4.79 Å². The molecule has 0 aliphatic carbocycles. The Morgan fingerprint density at radius 3 is 2.75 bits per heavy atom. The summed E-state index contributed by atoms with van der Waals surface area (Å²) in [4.78, 5) is 27.3. The summed E-state index contributed by atoms with van der Waals surface area (Å²) in [6.07, 6.45) is 0.943. The second-order valence-corrected chi connectivity index (χ2v) is 4.25. The summed E-state index contributed by atoms with van der Waals surface area (Å²) in [5.74, 6) is -0.476. The molecule has 1 aliphatic heterocycles. The van der Waals surface area contributed by atoms with E-state index < -0.39 is 24.1 Å². The summed E-state index contributed by atoms with van der Waals surface area (Å²) in [6.45, 7) is 0.165. The molecule has 0 radical (unpaired) electrons. The van der Waals surface area contributed by atoms with E-state index in [9.17, 15) is 9.59 Å². The molecule has 7 nitrogen and oxygen atoms in total. The third kappa shape index (κ3) is 3.62. The number of carbonyl (C=O) groups is 2. The minimum Gasteiger partial charge on any atom is -0.395 e. The third-order valence-corrected chi connectivity index (χ3v) is 2.77. The van der Waals surface area contributed by atoms with E-state index in [-0.39, 0.29) is 13.2 Å². The molecule has 1 fully saturated rings. The maximum atomic E-state index is 11.8. The number of amides is 3. The first-order valence-electron chi connectivity index (χ1n) is 6.24. The lowest BCUT2D eigenvalue weighted by Crippen LogP contribution is -2.65. The van der Waals surface area contributed by atoms with Gasteiger partial charge in [-0.2, -0.15) is 0 Å². The number of hydrogen-bond donors (Lipinski definition) is 4. The van der Waals surface area contributed by atoms with Gasteiger partial charge >= 0.3 is 6.03 Å². The smallest absolute Gasteiger partial charge is 0.322 e. The Balaban J connectivity index is 2.10. The van der Waals surface area contributed by atoms with Crippen LogP contribution in [0.25, 0.3) is 0 Å². The van der Waals surface area contributed by atoms with E-state index in [0.29, 0.717) is 0 Å². The molecule has 0 aromatic heterocycles. The molecule has 0 saturated carbocycles. The highest BCUT2D eigenvalue weighted by molar-refractivity contribution is 6.01. The van der Waals surface area contributed by atoms with Crippen LogP contribution >= 0.6 is 0 Å². The van der Waals surface area contributed by atoms with Crippen LogP contribution in [0, 0.1) is 0 Å². The zero-order valence-corrected chi connectivity index (χ0v) is 10.7. The van der Waals surface area contributed by atoms with Crippen LogP contribution in [0.2, 0.25) is 0 Å². The van der Waals surface area contributed by atoms with Crippen molar-refractivity contribution in [3.63, 3.8) is 0 Å². The largest absolute Gasteiger partial charge is 0.395 e. The van der Waals surface area contributed by atoms with Crippen molar-refractivity contribution < 1.29 is 14.7 Å². The van der Waals surface area contributed by atoms with Gasteiger partial charge in [0, 0.05) is 12.8 Å². The van der Waals surface area contributed by atoms with Crippen molar-refractivity contribution in [2.45, 2.75) is 12.2 Å². The van der Waals surface area contributed by atoms with Gasteiger partial charge in [0.25, 0.3) is 5.91 Å². The average molecular weight is 276 g/mol. The predicted octanol–water partition coefficient (Wildman–Crippen LogP) is -0.778. The Morgan fingerprint density at radius 2 is 2.05 bits per heavy atom. The summed E-state index contributed by atoms with van der Waals surface area (Å²) in [6, 6.07) is 7.99. The van der Waals surface area contributed by atoms with Crippen molar-refractivity contribution in [1.82, 2.24) is 16.0 Å². The number of aliphatic imine (C=N–C) groups is 1. The van der Waals surface area contributed by atoms with Gasteiger partial charge in [0.15, 0.2) is 6.04 Å². The normalized spacial score (nSPS) is 22.6.